The molecule has 1 aromatic carbocycles. The summed E-state index contributed by atoms with van der Waals surface area (Å²) in [6, 6.07) is 10.9. The van der Waals surface area contributed by atoms with Gasteiger partial charge in [-0.15, -0.1) is 6.58 Å². The van der Waals surface area contributed by atoms with Crippen molar-refractivity contribution in [1.29, 1.82) is 0 Å². The first kappa shape index (κ1) is 13.8. The van der Waals surface area contributed by atoms with Crippen molar-refractivity contribution in [1.82, 2.24) is 10.3 Å². The summed E-state index contributed by atoms with van der Waals surface area (Å²) in [4.78, 5) is 4.44. The van der Waals surface area contributed by atoms with Crippen LogP contribution >= 0.6 is 0 Å². The van der Waals surface area contributed by atoms with E-state index in [1.165, 1.54) is 10.9 Å². The highest BCUT2D eigenvalue weighted by Gasteiger charge is 2.12. The fraction of sp³-hybridized carbons (Fsp3) is 0.353. The second-order valence-electron chi connectivity index (χ2n) is 4.79. The van der Waals surface area contributed by atoms with Crippen molar-refractivity contribution >= 4 is 10.9 Å². The smallest absolute Gasteiger partial charge is 0.0705 e. The van der Waals surface area contributed by atoms with E-state index in [1.54, 1.807) is 0 Å². The number of hydrogen-bond donors (Lipinski definition) is 1. The molecule has 2 aromatic rings. The van der Waals surface area contributed by atoms with E-state index < -0.39 is 0 Å². The molecule has 1 atom stereocenters. The number of hydrogen-bond acceptors (Lipinski definition) is 2. The molecule has 19 heavy (non-hydrogen) atoms. The van der Waals surface area contributed by atoms with Gasteiger partial charge in [-0.3, -0.25) is 4.98 Å². The van der Waals surface area contributed by atoms with Crippen LogP contribution in [0.5, 0.6) is 0 Å². The van der Waals surface area contributed by atoms with E-state index in [0.717, 1.165) is 31.3 Å². The molecule has 1 unspecified atom stereocenters. The molecule has 0 radical (unpaired) electrons. The van der Waals surface area contributed by atoms with E-state index in [2.05, 4.69) is 48.1 Å². The normalized spacial score (nSPS) is 12.5. The van der Waals surface area contributed by atoms with E-state index in [0.29, 0.717) is 6.04 Å². The van der Waals surface area contributed by atoms with Gasteiger partial charge in [0.05, 0.1) is 5.52 Å². The molecule has 100 valence electrons. The van der Waals surface area contributed by atoms with Gasteiger partial charge in [-0.2, -0.15) is 0 Å². The van der Waals surface area contributed by atoms with Crippen LogP contribution in [-0.4, -0.2) is 11.5 Å². The molecule has 0 aliphatic heterocycles. The summed E-state index contributed by atoms with van der Waals surface area (Å²) in [7, 11) is 0. The highest BCUT2D eigenvalue weighted by atomic mass is 14.9. The predicted molar refractivity (Wildman–Crippen MR) is 82.2 cm³/mol. The number of pyridine rings is 1. The highest BCUT2D eigenvalue weighted by Crippen LogP contribution is 2.26. The first-order valence-electron chi connectivity index (χ1n) is 7.04. The number of allylic oxidation sites excluding steroid dienone is 1. The van der Waals surface area contributed by atoms with Crippen LogP contribution < -0.4 is 5.32 Å². The van der Waals surface area contributed by atoms with Gasteiger partial charge in [0, 0.05) is 17.6 Å². The molecule has 2 heteroatoms. The van der Waals surface area contributed by atoms with Gasteiger partial charge in [-0.25, -0.2) is 0 Å². The first-order chi connectivity index (χ1) is 9.36. The summed E-state index contributed by atoms with van der Waals surface area (Å²) < 4.78 is 0. The van der Waals surface area contributed by atoms with Gasteiger partial charge in [0.2, 0.25) is 0 Å². The maximum Gasteiger partial charge on any atom is 0.0705 e. The maximum atomic E-state index is 4.44. The summed E-state index contributed by atoms with van der Waals surface area (Å²) in [5.74, 6) is 0. The zero-order valence-electron chi connectivity index (χ0n) is 11.6. The topological polar surface area (TPSA) is 24.9 Å². The van der Waals surface area contributed by atoms with Crippen LogP contribution in [0.3, 0.4) is 0 Å². The summed E-state index contributed by atoms with van der Waals surface area (Å²) >= 11 is 0. The Morgan fingerprint density at radius 2 is 2.16 bits per heavy atom. The Hall–Kier alpha value is -1.67. The number of para-hydroxylation sites is 1. The molecule has 1 heterocycles. The summed E-state index contributed by atoms with van der Waals surface area (Å²) in [5.41, 5.74) is 2.42. The van der Waals surface area contributed by atoms with Gasteiger partial charge < -0.3 is 5.32 Å². The second kappa shape index (κ2) is 7.05. The zero-order valence-corrected chi connectivity index (χ0v) is 11.6. The third-order valence-electron chi connectivity index (χ3n) is 3.36. The Morgan fingerprint density at radius 3 is 2.95 bits per heavy atom. The van der Waals surface area contributed by atoms with Crippen molar-refractivity contribution in [2.45, 2.75) is 32.2 Å². The van der Waals surface area contributed by atoms with E-state index in [-0.39, 0.29) is 0 Å². The van der Waals surface area contributed by atoms with Crippen LogP contribution in [0.4, 0.5) is 0 Å². The monoisotopic (exact) mass is 254 g/mol. The van der Waals surface area contributed by atoms with Gasteiger partial charge in [-0.1, -0.05) is 31.2 Å². The molecule has 1 N–H and O–H groups in total. The molecule has 0 fully saturated rings. The Balaban J connectivity index is 2.33. The molecule has 2 rings (SSSR count). The number of fused-ring (bicyclic) bond motifs is 1. The van der Waals surface area contributed by atoms with Gasteiger partial charge in [0.25, 0.3) is 0 Å². The fourth-order valence-corrected chi connectivity index (χ4v) is 2.39. The van der Waals surface area contributed by atoms with Crippen LogP contribution in [-0.2, 0) is 0 Å². The standard InChI is InChI=1S/C17H22N2/c1-3-5-9-16(18-12-4-2)15-11-13-19-17-10-7-6-8-14(15)17/h3,6-8,10-11,13,16,18H,1,4-5,9,12H2,2H3. The van der Waals surface area contributed by atoms with Gasteiger partial charge in [0.15, 0.2) is 0 Å². The van der Waals surface area contributed by atoms with Crippen molar-refractivity contribution in [3.63, 3.8) is 0 Å². The van der Waals surface area contributed by atoms with Crippen molar-refractivity contribution in [3.8, 4) is 0 Å². The minimum absolute atomic E-state index is 0.380. The SMILES string of the molecule is C=CCCC(NCCC)c1ccnc2ccccc12. The number of aromatic nitrogens is 1. The van der Waals surface area contributed by atoms with Crippen molar-refractivity contribution in [3.05, 3.63) is 54.7 Å². The largest absolute Gasteiger partial charge is 0.310 e. The van der Waals surface area contributed by atoms with Crippen LogP contribution in [0.1, 0.15) is 37.8 Å². The third kappa shape index (κ3) is 3.42. The molecular formula is C17H22N2. The van der Waals surface area contributed by atoms with Crippen molar-refractivity contribution < 1.29 is 0 Å². The maximum absolute atomic E-state index is 4.44. The van der Waals surface area contributed by atoms with Gasteiger partial charge in [-0.05, 0) is 43.5 Å². The molecule has 0 saturated heterocycles. The molecule has 0 bridgehead atoms. The lowest BCUT2D eigenvalue weighted by Crippen LogP contribution is -2.22. The molecule has 1 aromatic heterocycles. The average Bonchev–Trinajstić information content (AvgIpc) is 2.47. The molecule has 0 spiro atoms. The number of nitrogens with zero attached hydrogens (tertiary/aromatic N) is 1. The molecule has 0 aliphatic rings. The first-order valence-corrected chi connectivity index (χ1v) is 7.04. The quantitative estimate of drug-likeness (QED) is 0.747. The Kier molecular flexibility index (Phi) is 5.10. The minimum atomic E-state index is 0.380. The fourth-order valence-electron chi connectivity index (χ4n) is 2.39. The Bertz CT molecular complexity index is 528. The van der Waals surface area contributed by atoms with Gasteiger partial charge >= 0.3 is 0 Å². The lowest BCUT2D eigenvalue weighted by molar-refractivity contribution is 0.506. The minimum Gasteiger partial charge on any atom is -0.310 e. The lowest BCUT2D eigenvalue weighted by Gasteiger charge is -2.20. The number of benzene rings is 1. The van der Waals surface area contributed by atoms with Crippen molar-refractivity contribution in [2.75, 3.05) is 6.54 Å². The molecule has 0 amide bonds. The van der Waals surface area contributed by atoms with Crippen LogP contribution in [0.25, 0.3) is 10.9 Å². The predicted octanol–water partition coefficient (Wildman–Crippen LogP) is 4.24. The van der Waals surface area contributed by atoms with Crippen LogP contribution in [0.2, 0.25) is 0 Å². The van der Waals surface area contributed by atoms with Gasteiger partial charge in [0.1, 0.15) is 0 Å². The molecule has 2 nitrogen and oxygen atoms in total. The molecular weight excluding hydrogens is 232 g/mol. The number of nitrogens with one attached hydrogen (secondary N) is 1. The molecule has 0 aliphatic carbocycles. The summed E-state index contributed by atoms with van der Waals surface area (Å²) in [6.07, 6.45) is 7.15. The third-order valence-corrected chi connectivity index (χ3v) is 3.36. The lowest BCUT2D eigenvalue weighted by atomic mass is 9.98. The van der Waals surface area contributed by atoms with E-state index >= 15 is 0 Å². The zero-order chi connectivity index (χ0) is 13.5. The summed E-state index contributed by atoms with van der Waals surface area (Å²) in [5, 5.41) is 4.89. The second-order valence-corrected chi connectivity index (χ2v) is 4.79. The van der Waals surface area contributed by atoms with Crippen LogP contribution in [0, 0.1) is 0 Å². The summed E-state index contributed by atoms with van der Waals surface area (Å²) in [6.45, 7) is 7.07. The van der Waals surface area contributed by atoms with Crippen LogP contribution in [0.15, 0.2) is 49.2 Å². The van der Waals surface area contributed by atoms with E-state index in [4.69, 9.17) is 0 Å². The Labute approximate surface area is 115 Å². The Morgan fingerprint density at radius 1 is 1.32 bits per heavy atom. The van der Waals surface area contributed by atoms with Crippen molar-refractivity contribution in [2.24, 2.45) is 0 Å². The van der Waals surface area contributed by atoms with E-state index in [1.807, 2.05) is 18.3 Å². The van der Waals surface area contributed by atoms with E-state index in [9.17, 15) is 0 Å². The molecule has 0 saturated carbocycles. The average molecular weight is 254 g/mol. The highest BCUT2D eigenvalue weighted by molar-refractivity contribution is 5.82. The number of rotatable bonds is 7.